The number of aliphatic hydroxyl groups excluding tert-OH is 1. The zero-order chi connectivity index (χ0) is 11.3. The number of aliphatic hydroxyl groups is 1. The molecule has 1 N–H and O–H groups in total. The fourth-order valence-electron chi connectivity index (χ4n) is 1.08. The highest BCUT2D eigenvalue weighted by atomic mass is 19.4. The topological polar surface area (TPSA) is 34.4 Å². The molecule has 0 saturated heterocycles. The minimum atomic E-state index is -4.27. The molecular weight excluding hydrogens is 211 g/mol. The lowest BCUT2D eigenvalue weighted by Crippen LogP contribution is -2.18. The summed E-state index contributed by atoms with van der Waals surface area (Å²) in [5.74, 6) is 0. The molecule has 0 radical (unpaired) electrons. The Morgan fingerprint density at radius 1 is 1.40 bits per heavy atom. The minimum Gasteiger partial charge on any atom is -0.392 e. The Morgan fingerprint density at radius 3 is 2.67 bits per heavy atom. The van der Waals surface area contributed by atoms with Gasteiger partial charge in [-0.15, -0.1) is 0 Å². The van der Waals surface area contributed by atoms with Crippen LogP contribution >= 0.6 is 0 Å². The summed E-state index contributed by atoms with van der Waals surface area (Å²) < 4.78 is 41.1. The fourth-order valence-corrected chi connectivity index (χ4v) is 1.08. The third-order valence-electron chi connectivity index (χ3n) is 1.75. The van der Waals surface area contributed by atoms with Crippen molar-refractivity contribution in [2.75, 3.05) is 13.2 Å². The van der Waals surface area contributed by atoms with E-state index in [1.165, 1.54) is 0 Å². The number of ether oxygens (including phenoxy) is 1. The standard InChI is InChI=1S/C9H12F3NO2/c10-9(11,12)7-15-4-3-13-2-1-8(5-13)6-14/h1-2,5,14H,3-4,6-7H2. The molecule has 0 spiro atoms. The fraction of sp³-hybridized carbons (Fsp3) is 0.556. The van der Waals surface area contributed by atoms with Gasteiger partial charge in [-0.1, -0.05) is 0 Å². The molecule has 6 heteroatoms. The van der Waals surface area contributed by atoms with E-state index in [9.17, 15) is 13.2 Å². The molecule has 0 bridgehead atoms. The number of alkyl halides is 3. The van der Waals surface area contributed by atoms with Gasteiger partial charge in [0.1, 0.15) is 6.61 Å². The van der Waals surface area contributed by atoms with Crippen LogP contribution in [0.25, 0.3) is 0 Å². The van der Waals surface area contributed by atoms with Gasteiger partial charge in [0.2, 0.25) is 0 Å². The zero-order valence-electron chi connectivity index (χ0n) is 8.00. The summed E-state index contributed by atoms with van der Waals surface area (Å²) in [4.78, 5) is 0. The molecule has 0 aliphatic heterocycles. The summed E-state index contributed by atoms with van der Waals surface area (Å²) in [5, 5.41) is 8.74. The third kappa shape index (κ3) is 4.85. The van der Waals surface area contributed by atoms with E-state index in [2.05, 4.69) is 4.74 Å². The van der Waals surface area contributed by atoms with E-state index in [0.29, 0.717) is 6.54 Å². The largest absolute Gasteiger partial charge is 0.411 e. The van der Waals surface area contributed by atoms with E-state index in [1.54, 1.807) is 23.0 Å². The van der Waals surface area contributed by atoms with Crippen LogP contribution in [-0.2, 0) is 17.9 Å². The van der Waals surface area contributed by atoms with Crippen LogP contribution in [0.4, 0.5) is 13.2 Å². The smallest absolute Gasteiger partial charge is 0.392 e. The van der Waals surface area contributed by atoms with Crippen LogP contribution in [0.15, 0.2) is 18.5 Å². The Morgan fingerprint density at radius 2 is 2.13 bits per heavy atom. The normalized spacial score (nSPS) is 12.0. The zero-order valence-corrected chi connectivity index (χ0v) is 8.00. The lowest BCUT2D eigenvalue weighted by Gasteiger charge is -2.07. The number of aromatic nitrogens is 1. The molecule has 1 rings (SSSR count). The predicted octanol–water partition coefficient (Wildman–Crippen LogP) is 1.56. The lowest BCUT2D eigenvalue weighted by molar-refractivity contribution is -0.174. The van der Waals surface area contributed by atoms with Gasteiger partial charge in [0, 0.05) is 18.9 Å². The van der Waals surface area contributed by atoms with Gasteiger partial charge in [0.05, 0.1) is 13.2 Å². The van der Waals surface area contributed by atoms with Crippen molar-refractivity contribution in [3.05, 3.63) is 24.0 Å². The SMILES string of the molecule is OCc1ccn(CCOCC(F)(F)F)c1. The highest BCUT2D eigenvalue weighted by molar-refractivity contribution is 5.08. The summed E-state index contributed by atoms with van der Waals surface area (Å²) in [7, 11) is 0. The van der Waals surface area contributed by atoms with Crippen LogP contribution in [-0.4, -0.2) is 29.1 Å². The summed E-state index contributed by atoms with van der Waals surface area (Å²) in [6, 6.07) is 1.70. The van der Waals surface area contributed by atoms with Crippen molar-refractivity contribution < 1.29 is 23.0 Å². The third-order valence-corrected chi connectivity index (χ3v) is 1.75. The predicted molar refractivity (Wildman–Crippen MR) is 47.2 cm³/mol. The van der Waals surface area contributed by atoms with Gasteiger partial charge in [-0.05, 0) is 11.6 Å². The lowest BCUT2D eigenvalue weighted by atomic mass is 10.4. The van der Waals surface area contributed by atoms with Crippen LogP contribution in [0.5, 0.6) is 0 Å². The Labute approximate surface area is 85.1 Å². The number of rotatable bonds is 5. The highest BCUT2D eigenvalue weighted by Gasteiger charge is 2.27. The molecule has 0 fully saturated rings. The number of hydrogen-bond donors (Lipinski definition) is 1. The second-order valence-electron chi connectivity index (χ2n) is 3.08. The van der Waals surface area contributed by atoms with Crippen LogP contribution in [0.3, 0.4) is 0 Å². The van der Waals surface area contributed by atoms with Crippen LogP contribution < -0.4 is 0 Å². The maximum absolute atomic E-state index is 11.7. The number of nitrogens with zero attached hydrogens (tertiary/aromatic N) is 1. The molecule has 15 heavy (non-hydrogen) atoms. The second-order valence-corrected chi connectivity index (χ2v) is 3.08. The van der Waals surface area contributed by atoms with Gasteiger partial charge in [0.25, 0.3) is 0 Å². The monoisotopic (exact) mass is 223 g/mol. The highest BCUT2D eigenvalue weighted by Crippen LogP contribution is 2.14. The number of hydrogen-bond acceptors (Lipinski definition) is 2. The summed E-state index contributed by atoms with van der Waals surface area (Å²) >= 11 is 0. The van der Waals surface area contributed by atoms with Crippen molar-refractivity contribution in [2.24, 2.45) is 0 Å². The summed E-state index contributed by atoms with van der Waals surface area (Å²) in [5.41, 5.74) is 0.728. The van der Waals surface area contributed by atoms with E-state index in [0.717, 1.165) is 5.56 Å². The molecule has 0 atom stereocenters. The molecule has 1 heterocycles. The van der Waals surface area contributed by atoms with Gasteiger partial charge in [-0.25, -0.2) is 0 Å². The van der Waals surface area contributed by atoms with E-state index >= 15 is 0 Å². The summed E-state index contributed by atoms with van der Waals surface area (Å²) in [6.07, 6.45) is -0.924. The average Bonchev–Trinajstić information content (AvgIpc) is 2.59. The Kier molecular flexibility index (Phi) is 4.16. The molecule has 3 nitrogen and oxygen atoms in total. The molecular formula is C9H12F3NO2. The van der Waals surface area contributed by atoms with Crippen molar-refractivity contribution in [1.82, 2.24) is 4.57 Å². The van der Waals surface area contributed by atoms with E-state index in [-0.39, 0.29) is 13.2 Å². The molecule has 0 aromatic carbocycles. The van der Waals surface area contributed by atoms with Gasteiger partial charge in [-0.3, -0.25) is 0 Å². The Hall–Kier alpha value is -1.01. The Balaban J connectivity index is 2.20. The maximum atomic E-state index is 11.7. The molecule has 0 unspecified atom stereocenters. The van der Waals surface area contributed by atoms with Crippen molar-refractivity contribution in [3.63, 3.8) is 0 Å². The summed E-state index contributed by atoms with van der Waals surface area (Å²) in [6.45, 7) is -0.952. The first-order valence-corrected chi connectivity index (χ1v) is 4.41. The average molecular weight is 223 g/mol. The van der Waals surface area contributed by atoms with E-state index in [4.69, 9.17) is 5.11 Å². The maximum Gasteiger partial charge on any atom is 0.411 e. The van der Waals surface area contributed by atoms with Gasteiger partial charge in [0.15, 0.2) is 0 Å². The molecule has 0 saturated carbocycles. The van der Waals surface area contributed by atoms with Crippen LogP contribution in [0.2, 0.25) is 0 Å². The van der Waals surface area contributed by atoms with Gasteiger partial charge in [-0.2, -0.15) is 13.2 Å². The minimum absolute atomic E-state index is 0.000934. The molecule has 1 aromatic heterocycles. The molecule has 1 aromatic rings. The quantitative estimate of drug-likeness (QED) is 0.769. The van der Waals surface area contributed by atoms with Crippen molar-refractivity contribution in [3.8, 4) is 0 Å². The molecule has 0 aliphatic rings. The first kappa shape index (κ1) is 12.1. The van der Waals surface area contributed by atoms with E-state index < -0.39 is 12.8 Å². The van der Waals surface area contributed by atoms with Crippen molar-refractivity contribution in [2.45, 2.75) is 19.3 Å². The van der Waals surface area contributed by atoms with Gasteiger partial charge < -0.3 is 14.4 Å². The Bertz CT molecular complexity index is 296. The molecule has 0 amide bonds. The first-order valence-electron chi connectivity index (χ1n) is 4.41. The van der Waals surface area contributed by atoms with Crippen molar-refractivity contribution in [1.29, 1.82) is 0 Å². The van der Waals surface area contributed by atoms with Gasteiger partial charge >= 0.3 is 6.18 Å². The van der Waals surface area contributed by atoms with E-state index in [1.807, 2.05) is 0 Å². The first-order chi connectivity index (χ1) is 7.01. The van der Waals surface area contributed by atoms with Crippen LogP contribution in [0.1, 0.15) is 5.56 Å². The molecule has 86 valence electrons. The van der Waals surface area contributed by atoms with Crippen molar-refractivity contribution >= 4 is 0 Å². The molecule has 0 aliphatic carbocycles. The number of halogens is 3. The second kappa shape index (κ2) is 5.18. The van der Waals surface area contributed by atoms with Crippen LogP contribution in [0, 0.1) is 0 Å².